The Labute approximate surface area is 56.2 Å². The fourth-order valence-corrected chi connectivity index (χ4v) is 0.973. The second-order valence-electron chi connectivity index (χ2n) is 2.19. The third-order valence-electron chi connectivity index (χ3n) is 1.47. The molecule has 1 amide bonds. The van der Waals surface area contributed by atoms with Gasteiger partial charge in [0.2, 0.25) is 0 Å². The van der Waals surface area contributed by atoms with Gasteiger partial charge in [0, 0.05) is 13.0 Å². The fraction of sp³-hybridized carbons (Fsp3) is 0.800. The molecule has 0 saturated carbocycles. The molecule has 0 aromatic rings. The largest absolute Gasteiger partial charge is 0.530 e. The number of nitrogens with zero attached hydrogens (tertiary/aromatic N) is 1. The number of carboxylic acid groups (broad SMARTS) is 1. The lowest BCUT2D eigenvalue weighted by molar-refractivity contribution is -0.283. The first-order valence-corrected chi connectivity index (χ1v) is 2.90. The molecule has 3 nitrogen and oxygen atoms in total. The van der Waals surface area contributed by atoms with E-state index in [1.54, 1.807) is 0 Å². The van der Waals surface area contributed by atoms with Gasteiger partial charge in [-0.05, 0) is 6.42 Å². The van der Waals surface area contributed by atoms with E-state index < -0.39 is 12.1 Å². The van der Waals surface area contributed by atoms with Gasteiger partial charge >= 0.3 is 6.05 Å². The zero-order chi connectivity index (χ0) is 7.78. The third-order valence-corrected chi connectivity index (χ3v) is 1.47. The first-order chi connectivity index (χ1) is 4.54. The molecular formula is C5H6F2NO2-. The average Bonchev–Trinajstić information content (AvgIpc) is 2.08. The number of rotatable bonds is 0. The van der Waals surface area contributed by atoms with Gasteiger partial charge in [-0.2, -0.15) is 8.78 Å². The molecule has 0 unspecified atom stereocenters. The van der Waals surface area contributed by atoms with Gasteiger partial charge in [-0.1, -0.05) is 0 Å². The van der Waals surface area contributed by atoms with Crippen molar-refractivity contribution in [3.8, 4) is 0 Å². The monoisotopic (exact) mass is 150 g/mol. The van der Waals surface area contributed by atoms with Gasteiger partial charge in [0.15, 0.2) is 0 Å². The molecule has 58 valence electrons. The van der Waals surface area contributed by atoms with Crippen LogP contribution in [0.2, 0.25) is 0 Å². The van der Waals surface area contributed by atoms with Crippen molar-refractivity contribution in [1.82, 2.24) is 4.90 Å². The van der Waals surface area contributed by atoms with Crippen LogP contribution < -0.4 is 5.11 Å². The highest BCUT2D eigenvalue weighted by molar-refractivity contribution is 5.63. The zero-order valence-corrected chi connectivity index (χ0v) is 5.14. The second-order valence-corrected chi connectivity index (χ2v) is 2.19. The second kappa shape index (κ2) is 2.07. The Morgan fingerprint density at radius 2 is 2.20 bits per heavy atom. The summed E-state index contributed by atoms with van der Waals surface area (Å²) >= 11 is 0. The molecule has 0 spiro atoms. The highest BCUT2D eigenvalue weighted by Gasteiger charge is 2.41. The molecule has 0 aromatic carbocycles. The summed E-state index contributed by atoms with van der Waals surface area (Å²) in [5, 5.41) is 9.95. The van der Waals surface area contributed by atoms with Crippen molar-refractivity contribution in [2.45, 2.75) is 18.9 Å². The third kappa shape index (κ3) is 1.03. The summed E-state index contributed by atoms with van der Waals surface area (Å²) in [6, 6.07) is -3.20. The van der Waals surface area contributed by atoms with Crippen molar-refractivity contribution in [2.75, 3.05) is 6.54 Å². The van der Waals surface area contributed by atoms with E-state index in [0.29, 0.717) is 0 Å². The molecule has 1 aliphatic rings. The minimum Gasteiger partial charge on any atom is -0.530 e. The standard InChI is InChI=1S/C5H7F2NO2/c6-5(7)2-1-3-8(5)4(9)10/h1-3H2,(H,9,10)/p-1. The number of carbonyl (C=O) groups excluding carboxylic acids is 1. The molecule has 1 saturated heterocycles. The van der Waals surface area contributed by atoms with Gasteiger partial charge in [0.25, 0.3) is 0 Å². The lowest BCUT2D eigenvalue weighted by atomic mass is 10.4. The van der Waals surface area contributed by atoms with Crippen LogP contribution in [0.3, 0.4) is 0 Å². The van der Waals surface area contributed by atoms with Crippen LogP contribution in [0.1, 0.15) is 12.8 Å². The first-order valence-electron chi connectivity index (χ1n) is 2.90. The van der Waals surface area contributed by atoms with Crippen LogP contribution >= 0.6 is 0 Å². The average molecular weight is 150 g/mol. The number of alkyl halides is 2. The van der Waals surface area contributed by atoms with Crippen LogP contribution in [-0.4, -0.2) is 23.6 Å². The Morgan fingerprint density at radius 3 is 2.40 bits per heavy atom. The quantitative estimate of drug-likeness (QED) is 0.457. The lowest BCUT2D eigenvalue weighted by Crippen LogP contribution is -2.47. The SMILES string of the molecule is O=C([O-])N1CCCC1(F)F. The molecule has 0 atom stereocenters. The van der Waals surface area contributed by atoms with Gasteiger partial charge < -0.3 is 9.90 Å². The maximum atomic E-state index is 12.4. The summed E-state index contributed by atoms with van der Waals surface area (Å²) in [6.07, 6.45) is -1.97. The highest BCUT2D eigenvalue weighted by Crippen LogP contribution is 2.31. The van der Waals surface area contributed by atoms with Gasteiger partial charge in [0.05, 0.1) is 0 Å². The first kappa shape index (κ1) is 7.24. The van der Waals surface area contributed by atoms with E-state index in [2.05, 4.69) is 0 Å². The molecular weight excluding hydrogens is 144 g/mol. The van der Waals surface area contributed by atoms with Crippen LogP contribution in [0.25, 0.3) is 0 Å². The Bertz CT molecular complexity index is 160. The minimum absolute atomic E-state index is 0.0625. The fourth-order valence-electron chi connectivity index (χ4n) is 0.973. The molecule has 1 aliphatic heterocycles. The van der Waals surface area contributed by atoms with Crippen molar-refractivity contribution in [2.24, 2.45) is 0 Å². The van der Waals surface area contributed by atoms with E-state index in [1.165, 1.54) is 0 Å². The van der Waals surface area contributed by atoms with Gasteiger partial charge in [0.1, 0.15) is 6.09 Å². The maximum absolute atomic E-state index is 12.4. The molecule has 0 aromatic heterocycles. The van der Waals surface area contributed by atoms with Crippen LogP contribution in [0.15, 0.2) is 0 Å². The van der Waals surface area contributed by atoms with E-state index in [9.17, 15) is 18.7 Å². The zero-order valence-electron chi connectivity index (χ0n) is 5.14. The van der Waals surface area contributed by atoms with Gasteiger partial charge in [-0.15, -0.1) is 0 Å². The molecule has 10 heavy (non-hydrogen) atoms. The van der Waals surface area contributed by atoms with Crippen LogP contribution in [-0.2, 0) is 0 Å². The molecule has 0 radical (unpaired) electrons. The molecule has 5 heteroatoms. The van der Waals surface area contributed by atoms with E-state index in [-0.39, 0.29) is 24.3 Å². The summed E-state index contributed by atoms with van der Waals surface area (Å²) in [6.45, 7) is -0.116. The van der Waals surface area contributed by atoms with Crippen LogP contribution in [0, 0.1) is 0 Å². The molecule has 0 bridgehead atoms. The summed E-state index contributed by atoms with van der Waals surface area (Å²) in [5.41, 5.74) is 0. The highest BCUT2D eigenvalue weighted by atomic mass is 19.3. The number of carbonyl (C=O) groups is 1. The van der Waals surface area contributed by atoms with Crippen LogP contribution in [0.5, 0.6) is 0 Å². The van der Waals surface area contributed by atoms with Gasteiger partial charge in [-0.25, -0.2) is 0 Å². The summed E-state index contributed by atoms with van der Waals surface area (Å²) < 4.78 is 24.7. The Balaban J connectivity index is 2.68. The van der Waals surface area contributed by atoms with Crippen molar-refractivity contribution < 1.29 is 18.7 Å². The predicted molar refractivity (Wildman–Crippen MR) is 26.3 cm³/mol. The number of hydrogen-bond donors (Lipinski definition) is 0. The summed E-state index contributed by atoms with van der Waals surface area (Å²) in [4.78, 5) is 10.0. The normalized spacial score (nSPS) is 23.2. The minimum atomic E-state index is -3.20. The Hall–Kier alpha value is -0.870. The summed E-state index contributed by atoms with van der Waals surface area (Å²) in [7, 11) is 0. The van der Waals surface area contributed by atoms with E-state index in [0.717, 1.165) is 0 Å². The van der Waals surface area contributed by atoms with Crippen molar-refractivity contribution in [3.63, 3.8) is 0 Å². The smallest absolute Gasteiger partial charge is 0.326 e. The molecule has 1 fully saturated rings. The number of halogens is 2. The Kier molecular flexibility index (Phi) is 1.50. The Morgan fingerprint density at radius 1 is 1.60 bits per heavy atom. The van der Waals surface area contributed by atoms with Crippen molar-refractivity contribution in [1.29, 1.82) is 0 Å². The summed E-state index contributed by atoms with van der Waals surface area (Å²) in [5.74, 6) is 0. The van der Waals surface area contributed by atoms with E-state index in [4.69, 9.17) is 0 Å². The lowest BCUT2D eigenvalue weighted by Gasteiger charge is -2.25. The molecule has 0 aliphatic carbocycles. The topological polar surface area (TPSA) is 43.4 Å². The van der Waals surface area contributed by atoms with Gasteiger partial charge in [-0.3, -0.25) is 4.90 Å². The number of hydrogen-bond acceptors (Lipinski definition) is 2. The number of amides is 1. The molecule has 1 rings (SSSR count). The van der Waals surface area contributed by atoms with E-state index in [1.807, 2.05) is 0 Å². The van der Waals surface area contributed by atoms with Crippen LogP contribution in [0.4, 0.5) is 13.6 Å². The maximum Gasteiger partial charge on any atom is 0.326 e. The predicted octanol–water partition coefficient (Wildman–Crippen LogP) is 0.0183. The molecule has 0 N–H and O–H groups in total. The number of likely N-dealkylation sites (tertiary alicyclic amines) is 1. The van der Waals surface area contributed by atoms with E-state index >= 15 is 0 Å². The molecule has 1 heterocycles. The van der Waals surface area contributed by atoms with Crippen molar-refractivity contribution >= 4 is 6.09 Å². The van der Waals surface area contributed by atoms with Crippen molar-refractivity contribution in [3.05, 3.63) is 0 Å².